The number of hydrogen-bond acceptors (Lipinski definition) is 5. The van der Waals surface area contributed by atoms with Crippen LogP contribution in [0.1, 0.15) is 41.5 Å². The molecule has 4 N–H and O–H groups in total. The third-order valence-electron chi connectivity index (χ3n) is 5.71. The van der Waals surface area contributed by atoms with Crippen molar-refractivity contribution in [3.05, 3.63) is 93.5 Å². The first kappa shape index (κ1) is 22.6. The van der Waals surface area contributed by atoms with Gasteiger partial charge in [-0.25, -0.2) is 4.90 Å². The Morgan fingerprint density at radius 2 is 1.47 bits per heavy atom. The Hall–Kier alpha value is -2.61. The molecule has 0 amide bonds. The largest absolute Gasteiger partial charge is 0.481 e. The molecular weight excluding hydrogens is 451 g/mol. The number of para-hydroxylation sites is 2. The number of hydrogen-bond donors (Lipinski definition) is 4. The molecular formula is C24H22Cl2N2O4. The van der Waals surface area contributed by atoms with Crippen molar-refractivity contribution in [2.75, 3.05) is 11.9 Å². The average Bonchev–Trinajstić information content (AvgIpc) is 3.02. The van der Waals surface area contributed by atoms with Crippen molar-refractivity contribution in [3.8, 4) is 0 Å². The Balaban J connectivity index is 1.58. The molecule has 1 aliphatic heterocycles. The van der Waals surface area contributed by atoms with Crippen LogP contribution < -0.4 is 5.32 Å². The van der Waals surface area contributed by atoms with Crippen LogP contribution in [0.3, 0.4) is 0 Å². The van der Waals surface area contributed by atoms with Gasteiger partial charge in [0, 0.05) is 23.4 Å². The van der Waals surface area contributed by atoms with E-state index in [1.807, 2.05) is 0 Å². The van der Waals surface area contributed by atoms with Gasteiger partial charge in [0.2, 0.25) is 0 Å². The van der Waals surface area contributed by atoms with E-state index in [9.17, 15) is 20.1 Å². The van der Waals surface area contributed by atoms with Crippen LogP contribution in [-0.2, 0) is 4.79 Å². The molecule has 3 aromatic rings. The number of aliphatic carboxylic acids is 1. The SMILES string of the molecule is O=C(O)C(CCN1C(O)c2ccccc2C1O)c1ccccc1Nc1c(Cl)cccc1Cl. The van der Waals surface area contributed by atoms with Crippen molar-refractivity contribution in [3.63, 3.8) is 0 Å². The molecule has 166 valence electrons. The van der Waals surface area contributed by atoms with Gasteiger partial charge in [-0.15, -0.1) is 0 Å². The fourth-order valence-electron chi connectivity index (χ4n) is 4.07. The predicted molar refractivity (Wildman–Crippen MR) is 124 cm³/mol. The van der Waals surface area contributed by atoms with Crippen molar-refractivity contribution in [2.45, 2.75) is 24.8 Å². The lowest BCUT2D eigenvalue weighted by atomic mass is 9.93. The second-order valence-corrected chi connectivity index (χ2v) is 8.42. The van der Waals surface area contributed by atoms with Gasteiger partial charge in [-0.1, -0.05) is 71.7 Å². The lowest BCUT2D eigenvalue weighted by Gasteiger charge is -2.26. The van der Waals surface area contributed by atoms with Gasteiger partial charge < -0.3 is 20.6 Å². The minimum atomic E-state index is -1.01. The van der Waals surface area contributed by atoms with E-state index in [4.69, 9.17) is 23.2 Å². The lowest BCUT2D eigenvalue weighted by Crippen LogP contribution is -2.29. The number of aliphatic hydroxyl groups excluding tert-OH is 2. The number of nitrogens with one attached hydrogen (secondary N) is 1. The topological polar surface area (TPSA) is 93.0 Å². The number of nitrogens with zero attached hydrogens (tertiary/aromatic N) is 1. The maximum absolute atomic E-state index is 12.2. The molecule has 6 nitrogen and oxygen atoms in total. The summed E-state index contributed by atoms with van der Waals surface area (Å²) in [6, 6.07) is 19.3. The fraction of sp³-hybridized carbons (Fsp3) is 0.208. The number of benzene rings is 3. The highest BCUT2D eigenvalue weighted by atomic mass is 35.5. The summed E-state index contributed by atoms with van der Waals surface area (Å²) in [5, 5.41) is 35.2. The molecule has 3 aromatic carbocycles. The van der Waals surface area contributed by atoms with E-state index >= 15 is 0 Å². The summed E-state index contributed by atoms with van der Waals surface area (Å²) in [4.78, 5) is 13.7. The highest BCUT2D eigenvalue weighted by molar-refractivity contribution is 6.39. The normalized spacial score (nSPS) is 18.9. The predicted octanol–water partition coefficient (Wildman–Crippen LogP) is 5.29. The summed E-state index contributed by atoms with van der Waals surface area (Å²) in [6.07, 6.45) is -1.82. The highest BCUT2D eigenvalue weighted by Crippen LogP contribution is 2.40. The van der Waals surface area contributed by atoms with Crippen molar-refractivity contribution >= 4 is 40.5 Å². The van der Waals surface area contributed by atoms with Gasteiger partial charge in [0.15, 0.2) is 0 Å². The number of carboxylic acids is 1. The van der Waals surface area contributed by atoms with Gasteiger partial charge in [-0.3, -0.25) is 4.79 Å². The molecule has 32 heavy (non-hydrogen) atoms. The molecule has 8 heteroatoms. The molecule has 0 fully saturated rings. The Kier molecular flexibility index (Phi) is 6.69. The van der Waals surface area contributed by atoms with Gasteiger partial charge in [-0.05, 0) is 30.2 Å². The Morgan fingerprint density at radius 1 is 0.906 bits per heavy atom. The number of aliphatic hydroxyl groups is 2. The summed E-state index contributed by atoms with van der Waals surface area (Å²) in [7, 11) is 0. The van der Waals surface area contributed by atoms with Crippen LogP contribution in [0.2, 0.25) is 10.0 Å². The smallest absolute Gasteiger partial charge is 0.311 e. The summed E-state index contributed by atoms with van der Waals surface area (Å²) in [5.41, 5.74) is 2.87. The Morgan fingerprint density at radius 3 is 2.06 bits per heavy atom. The van der Waals surface area contributed by atoms with Crippen molar-refractivity contribution < 1.29 is 20.1 Å². The molecule has 0 radical (unpaired) electrons. The number of rotatable bonds is 7. The van der Waals surface area contributed by atoms with Crippen LogP contribution in [-0.4, -0.2) is 32.7 Å². The molecule has 0 aliphatic carbocycles. The molecule has 0 bridgehead atoms. The van der Waals surface area contributed by atoms with E-state index in [-0.39, 0.29) is 13.0 Å². The van der Waals surface area contributed by atoms with E-state index in [0.717, 1.165) is 0 Å². The van der Waals surface area contributed by atoms with E-state index in [1.165, 1.54) is 4.90 Å². The zero-order chi connectivity index (χ0) is 22.8. The number of fused-ring (bicyclic) bond motifs is 1. The molecule has 4 rings (SSSR count). The Bertz CT molecular complexity index is 1090. The van der Waals surface area contributed by atoms with Gasteiger partial charge in [0.25, 0.3) is 0 Å². The van der Waals surface area contributed by atoms with Crippen LogP contribution in [0, 0.1) is 0 Å². The third kappa shape index (κ3) is 4.33. The minimum absolute atomic E-state index is 0.173. The maximum Gasteiger partial charge on any atom is 0.311 e. The third-order valence-corrected chi connectivity index (χ3v) is 6.34. The molecule has 1 aliphatic rings. The van der Waals surface area contributed by atoms with Crippen molar-refractivity contribution in [1.29, 1.82) is 0 Å². The number of anilines is 2. The fourth-order valence-corrected chi connectivity index (χ4v) is 4.57. The zero-order valence-corrected chi connectivity index (χ0v) is 18.5. The first-order chi connectivity index (χ1) is 15.4. The van der Waals surface area contributed by atoms with E-state index in [2.05, 4.69) is 5.32 Å². The van der Waals surface area contributed by atoms with Gasteiger partial charge in [-0.2, -0.15) is 0 Å². The zero-order valence-electron chi connectivity index (χ0n) is 17.0. The van der Waals surface area contributed by atoms with Crippen LogP contribution in [0.4, 0.5) is 11.4 Å². The monoisotopic (exact) mass is 472 g/mol. The minimum Gasteiger partial charge on any atom is -0.481 e. The van der Waals surface area contributed by atoms with E-state index < -0.39 is 24.3 Å². The first-order valence-corrected chi connectivity index (χ1v) is 10.9. The van der Waals surface area contributed by atoms with Crippen LogP contribution >= 0.6 is 23.2 Å². The summed E-state index contributed by atoms with van der Waals surface area (Å²) in [6.45, 7) is 0.176. The van der Waals surface area contributed by atoms with E-state index in [0.29, 0.717) is 38.1 Å². The molecule has 0 saturated carbocycles. The average molecular weight is 473 g/mol. The summed E-state index contributed by atoms with van der Waals surface area (Å²) >= 11 is 12.5. The Labute approximate surface area is 195 Å². The number of carbonyl (C=O) groups is 1. The number of halogens is 2. The first-order valence-electron chi connectivity index (χ1n) is 10.1. The van der Waals surface area contributed by atoms with Crippen LogP contribution in [0.5, 0.6) is 0 Å². The second kappa shape index (κ2) is 9.48. The van der Waals surface area contributed by atoms with Gasteiger partial charge in [0.1, 0.15) is 12.5 Å². The standard InChI is InChI=1S/C24H22Cl2N2O4/c25-18-9-5-10-19(26)21(18)27-20-11-4-3-6-14(20)17(24(31)32)12-13-28-22(29)15-7-1-2-8-16(15)23(28)30/h1-11,17,22-23,27,29-30H,12-13H2,(H,31,32). The van der Waals surface area contributed by atoms with Crippen molar-refractivity contribution in [2.24, 2.45) is 0 Å². The molecule has 3 atom stereocenters. The van der Waals surface area contributed by atoms with Gasteiger partial charge >= 0.3 is 5.97 Å². The van der Waals surface area contributed by atoms with E-state index in [1.54, 1.807) is 66.7 Å². The molecule has 1 heterocycles. The lowest BCUT2D eigenvalue weighted by molar-refractivity contribution is -0.140. The van der Waals surface area contributed by atoms with Crippen molar-refractivity contribution in [1.82, 2.24) is 4.90 Å². The number of carboxylic acid groups (broad SMARTS) is 1. The molecule has 0 spiro atoms. The molecule has 0 saturated heterocycles. The van der Waals surface area contributed by atoms with Gasteiger partial charge in [0.05, 0.1) is 21.7 Å². The van der Waals surface area contributed by atoms with Crippen LogP contribution in [0.25, 0.3) is 0 Å². The maximum atomic E-state index is 12.2. The summed E-state index contributed by atoms with van der Waals surface area (Å²) in [5.74, 6) is -1.90. The quantitative estimate of drug-likeness (QED) is 0.373. The summed E-state index contributed by atoms with van der Waals surface area (Å²) < 4.78 is 0. The second-order valence-electron chi connectivity index (χ2n) is 7.60. The van der Waals surface area contributed by atoms with Crippen LogP contribution in [0.15, 0.2) is 66.7 Å². The molecule has 0 aromatic heterocycles. The highest BCUT2D eigenvalue weighted by Gasteiger charge is 2.36. The molecule has 3 unspecified atom stereocenters.